The number of nitrogens with one attached hydrogen (secondary N) is 4. The lowest BCUT2D eigenvalue weighted by atomic mass is 10.0. The highest BCUT2D eigenvalue weighted by atomic mass is 28.4. The molecule has 0 aliphatic carbocycles. The van der Waals surface area contributed by atoms with Crippen LogP contribution in [0.25, 0.3) is 0 Å². The molecule has 2 fully saturated rings. The summed E-state index contributed by atoms with van der Waals surface area (Å²) in [5.41, 5.74) is 14.2. The first-order valence-corrected chi connectivity index (χ1v) is 41.5. The second kappa shape index (κ2) is 33.7. The molecule has 0 radical (unpaired) electrons. The van der Waals surface area contributed by atoms with Crippen molar-refractivity contribution < 1.29 is 85.2 Å². The first kappa shape index (κ1) is 81.7. The van der Waals surface area contributed by atoms with Gasteiger partial charge in [-0.15, -0.1) is 0 Å². The number of nitrogens with two attached hydrogens (primary N) is 2. The van der Waals surface area contributed by atoms with Gasteiger partial charge in [0, 0.05) is 36.3 Å². The number of carbonyl (C=O) groups excluding carboxylic acids is 10. The maximum Gasteiger partial charge on any atom is 0.416 e. The molecule has 4 aromatic carbocycles. The molecule has 4 heterocycles. The zero-order valence-electron chi connectivity index (χ0n) is 63.8. The molecular weight excluding hydrogens is 1390 g/mol. The van der Waals surface area contributed by atoms with Crippen LogP contribution in [0.15, 0.2) is 72.8 Å². The Morgan fingerprint density at radius 1 is 0.505 bits per heavy atom. The fraction of sp³-hybridized carbons (Fsp3) is 0.547. The summed E-state index contributed by atoms with van der Waals surface area (Å²) in [6, 6.07) is 14.1. The van der Waals surface area contributed by atoms with Gasteiger partial charge in [-0.3, -0.25) is 38.4 Å². The molecule has 4 aliphatic rings. The molecule has 28 nitrogen and oxygen atoms in total. The van der Waals surface area contributed by atoms with E-state index in [9.17, 15) is 38.4 Å². The number of methoxy groups -OCH3 is 2. The summed E-state index contributed by atoms with van der Waals surface area (Å²) in [4.78, 5) is 143. The molecule has 4 aromatic rings. The third-order valence-electron chi connectivity index (χ3n) is 20.5. The number of carbonyl (C=O) groups is 10. The average molecular weight is 1490 g/mol. The van der Waals surface area contributed by atoms with Crippen LogP contribution < -0.4 is 61.5 Å². The Hall–Kier alpha value is -8.95. The van der Waals surface area contributed by atoms with Crippen LogP contribution in [-0.2, 0) is 60.3 Å². The highest BCUT2D eigenvalue weighted by molar-refractivity contribution is 6.74. The fourth-order valence-electron chi connectivity index (χ4n) is 11.7. The number of unbranched alkanes of at least 4 members (excludes halogenated alkanes) is 2. The molecule has 105 heavy (non-hydrogen) atoms. The lowest BCUT2D eigenvalue weighted by molar-refractivity contribution is -0.127. The summed E-state index contributed by atoms with van der Waals surface area (Å²) in [6.45, 7) is 30.0. The molecule has 572 valence electrons. The number of ether oxygens (including phenoxy) is 6. The molecule has 0 aromatic heterocycles. The zero-order chi connectivity index (χ0) is 77.5. The number of hydrogen-bond donors (Lipinski definition) is 6. The van der Waals surface area contributed by atoms with E-state index in [1.807, 2.05) is 95.4 Å². The number of rotatable bonds is 28. The number of hydrogen-bond acceptors (Lipinski definition) is 20. The van der Waals surface area contributed by atoms with Gasteiger partial charge in [0.15, 0.2) is 63.7 Å². The smallest absolute Gasteiger partial charge is 0.416 e. The Morgan fingerprint density at radius 3 is 1.16 bits per heavy atom. The molecule has 4 aliphatic heterocycles. The Bertz CT molecular complexity index is 3650. The van der Waals surface area contributed by atoms with Crippen molar-refractivity contribution in [2.75, 3.05) is 61.0 Å². The van der Waals surface area contributed by atoms with Crippen molar-refractivity contribution in [1.82, 2.24) is 20.4 Å². The number of amides is 8. The van der Waals surface area contributed by atoms with Crippen LogP contribution in [0, 0.1) is 11.8 Å². The minimum absolute atomic E-state index is 0.0493. The topological polar surface area (TPSA) is 358 Å². The minimum Gasteiger partial charge on any atom is -0.493 e. The summed E-state index contributed by atoms with van der Waals surface area (Å²) < 4.78 is 51.1. The maximum absolute atomic E-state index is 15.1. The highest BCUT2D eigenvalue weighted by Gasteiger charge is 2.55. The van der Waals surface area contributed by atoms with Crippen LogP contribution in [0.2, 0.25) is 36.3 Å². The fourth-order valence-corrected chi connectivity index (χ4v) is 14.2. The third-order valence-corrected chi connectivity index (χ3v) is 29.3. The Kier molecular flexibility index (Phi) is 26.2. The van der Waals surface area contributed by atoms with Crippen molar-refractivity contribution in [3.63, 3.8) is 0 Å². The standard InChI is InChI=1S/C75H106N10O18Si2/c1-42(2)62(76)66(90)78-44(5)64(88)80-48-26-22-46(23-27-48)40-100-72(94)84-54-36-60(58(96-13)34-52(54)68(92)82-38-50(86)32-56(82)70(84)102-104(15,16)74(7,8)9)98-30-20-19-21-31-99-61-37-55-53(35-59(61)97-14)69(93)83-39-51(87)33-57(83)71(103-105(17,18)75(10,11)12)85(55)73(95)101-41-47-24-28-49(29-25-47)81-65(89)45(6)79-67(91)63(77)43(3)4/h22-29,34-37,42-45,56-57,62-63,70-71H,19-21,30-33,38-41,76-77H2,1-18H3,(H,78,90)(H,79,91)(H,80,88)(H,81,89)/t44-,45-,56-,57-,62-,63-,70-,71-/m0/s1. The second-order valence-corrected chi connectivity index (χ2v) is 40.6. The first-order chi connectivity index (χ1) is 49.2. The van der Waals surface area contributed by atoms with Crippen LogP contribution in [-0.4, -0.2) is 175 Å². The van der Waals surface area contributed by atoms with Gasteiger partial charge in [0.05, 0.1) is 87.2 Å². The van der Waals surface area contributed by atoms with Crippen LogP contribution in [0.5, 0.6) is 23.0 Å². The summed E-state index contributed by atoms with van der Waals surface area (Å²) in [6.07, 6.45) is -2.80. The van der Waals surface area contributed by atoms with E-state index in [2.05, 4.69) is 21.3 Å². The molecule has 0 unspecified atom stereocenters. The maximum atomic E-state index is 15.1. The van der Waals surface area contributed by atoms with Crippen molar-refractivity contribution >= 4 is 98.6 Å². The Morgan fingerprint density at radius 2 is 0.848 bits per heavy atom. The van der Waals surface area contributed by atoms with Crippen molar-refractivity contribution in [3.05, 3.63) is 95.1 Å². The molecule has 0 bridgehead atoms. The number of ketones is 2. The van der Waals surface area contributed by atoms with Crippen molar-refractivity contribution in [1.29, 1.82) is 0 Å². The van der Waals surface area contributed by atoms with Crippen LogP contribution in [0.1, 0.15) is 147 Å². The first-order valence-electron chi connectivity index (χ1n) is 35.7. The van der Waals surface area contributed by atoms with Crippen LogP contribution >= 0.6 is 0 Å². The van der Waals surface area contributed by atoms with E-state index in [1.54, 1.807) is 74.5 Å². The van der Waals surface area contributed by atoms with Crippen molar-refractivity contribution in [3.8, 4) is 23.0 Å². The summed E-state index contributed by atoms with van der Waals surface area (Å²) in [7, 11) is -2.81. The minimum atomic E-state index is -2.83. The van der Waals surface area contributed by atoms with Gasteiger partial charge in [0.25, 0.3) is 11.8 Å². The molecule has 8 N–H and O–H groups in total. The van der Waals surface area contributed by atoms with E-state index < -0.39 is 113 Å². The van der Waals surface area contributed by atoms with E-state index in [-0.39, 0.29) is 131 Å². The van der Waals surface area contributed by atoms with E-state index in [1.165, 1.54) is 46.0 Å². The molecule has 0 spiro atoms. The number of nitrogens with zero attached hydrogens (tertiary/aromatic N) is 4. The van der Waals surface area contributed by atoms with Gasteiger partial charge in [0.1, 0.15) is 25.3 Å². The summed E-state index contributed by atoms with van der Waals surface area (Å²) in [5, 5.41) is 10.1. The molecule has 0 saturated carbocycles. The van der Waals surface area contributed by atoms with E-state index >= 15 is 9.59 Å². The predicted molar refractivity (Wildman–Crippen MR) is 400 cm³/mol. The van der Waals surface area contributed by atoms with Gasteiger partial charge in [-0.05, 0) is 129 Å². The van der Waals surface area contributed by atoms with E-state index in [0.29, 0.717) is 41.8 Å². The average Bonchev–Trinajstić information content (AvgIpc) is 1.61. The van der Waals surface area contributed by atoms with E-state index in [0.717, 1.165) is 0 Å². The van der Waals surface area contributed by atoms with Crippen molar-refractivity contribution in [2.24, 2.45) is 23.3 Å². The van der Waals surface area contributed by atoms with Gasteiger partial charge >= 0.3 is 12.2 Å². The quantitative estimate of drug-likeness (QED) is 0.0227. The predicted octanol–water partition coefficient (Wildman–Crippen LogP) is 9.76. The lowest BCUT2D eigenvalue weighted by Gasteiger charge is -2.44. The largest absolute Gasteiger partial charge is 0.493 e. The Balaban J connectivity index is 1.00. The monoisotopic (exact) mass is 1490 g/mol. The summed E-state index contributed by atoms with van der Waals surface area (Å²) in [5.74, 6) is -2.80. The normalized spacial score (nSPS) is 18.7. The SMILES string of the molecule is COc1cc2c(cc1OCCCCCOc1cc3c(cc1OC)C(=O)N1CC(=O)C[C@H]1[C@H](O[Si](C)(C)C(C)(C)C)N3C(=O)OCc1ccc(NC(=O)[C@H](C)NC(=O)[C@@H](N)C(C)C)cc1)N(C(=O)OCc1ccc(NC(=O)[C@H](C)NC(=O)[C@@H](N)C(C)C)cc1)[C@@H](O[Si](C)(C)C(C)(C)C)[C@@H]1CC(=O)CN1C2=O. The molecule has 8 amide bonds. The van der Waals surface area contributed by atoms with Gasteiger partial charge in [-0.1, -0.05) is 93.5 Å². The van der Waals surface area contributed by atoms with E-state index in [4.69, 9.17) is 48.7 Å². The highest BCUT2D eigenvalue weighted by Crippen LogP contribution is 2.48. The molecule has 8 rings (SSSR count). The van der Waals surface area contributed by atoms with Gasteiger partial charge in [0.2, 0.25) is 23.6 Å². The molecule has 8 atom stereocenters. The second-order valence-electron chi connectivity index (χ2n) is 31.0. The third kappa shape index (κ3) is 19.2. The van der Waals surface area contributed by atoms with Gasteiger partial charge in [-0.2, -0.15) is 0 Å². The Labute approximate surface area is 617 Å². The molecular formula is C75H106N10O18Si2. The zero-order valence-corrected chi connectivity index (χ0v) is 65.8. The molecule has 2 saturated heterocycles. The molecule has 30 heteroatoms. The van der Waals surface area contributed by atoms with Gasteiger partial charge < -0.3 is 79.8 Å². The number of Topliss-reactive ketones (excluding diaryl/α,β-unsaturated/α-hetero) is 2. The number of fused-ring (bicyclic) bond motifs is 4. The number of benzene rings is 4. The van der Waals surface area contributed by atoms with Crippen LogP contribution in [0.4, 0.5) is 32.3 Å². The number of anilines is 4. The summed E-state index contributed by atoms with van der Waals surface area (Å²) >= 11 is 0. The van der Waals surface area contributed by atoms with Gasteiger partial charge in [-0.25, -0.2) is 19.4 Å². The van der Waals surface area contributed by atoms with Crippen LogP contribution in [0.3, 0.4) is 0 Å². The lowest BCUT2D eigenvalue weighted by Crippen LogP contribution is -2.58. The van der Waals surface area contributed by atoms with Crippen molar-refractivity contribution in [2.45, 2.75) is 213 Å².